The smallest absolute Gasteiger partial charge is 0.0493 e. The van der Waals surface area contributed by atoms with Crippen LogP contribution < -0.4 is 0 Å². The van der Waals surface area contributed by atoms with Crippen molar-refractivity contribution in [3.8, 4) is 0 Å². The zero-order valence-corrected chi connectivity index (χ0v) is 20.6. The van der Waals surface area contributed by atoms with E-state index in [1.165, 1.54) is 69.8 Å². The van der Waals surface area contributed by atoms with Gasteiger partial charge in [-0.1, -0.05) is 70.8 Å². The lowest BCUT2D eigenvalue weighted by Gasteiger charge is -2.56. The molecule has 1 nitrogen and oxygen atoms in total. The van der Waals surface area contributed by atoms with Gasteiger partial charge in [0.25, 0.3) is 0 Å². The average Bonchev–Trinajstić information content (AvgIpc) is 3.08. The van der Waals surface area contributed by atoms with E-state index in [1.807, 2.05) is 11.1 Å². The molecule has 4 rings (SSSR count). The first-order chi connectivity index (χ1) is 14.2. The van der Waals surface area contributed by atoms with E-state index in [-0.39, 0.29) is 12.5 Å². The van der Waals surface area contributed by atoms with Crippen molar-refractivity contribution in [1.29, 1.82) is 0 Å². The zero-order chi connectivity index (χ0) is 21.7. The molecule has 1 N–H and O–H groups in total. The first kappa shape index (κ1) is 22.6. The van der Waals surface area contributed by atoms with Crippen molar-refractivity contribution in [3.05, 3.63) is 23.3 Å². The van der Waals surface area contributed by atoms with Crippen LogP contribution in [0.4, 0.5) is 0 Å². The van der Waals surface area contributed by atoms with Crippen LogP contribution in [0, 0.1) is 46.3 Å². The van der Waals surface area contributed by atoms with Gasteiger partial charge in [-0.15, -0.1) is 0 Å². The van der Waals surface area contributed by atoms with Crippen LogP contribution in [0.3, 0.4) is 0 Å². The van der Waals surface area contributed by atoms with Crippen molar-refractivity contribution < 1.29 is 5.11 Å². The van der Waals surface area contributed by atoms with Crippen LogP contribution in [-0.4, -0.2) is 11.7 Å². The number of rotatable bonds is 6. The largest absolute Gasteiger partial charge is 0.396 e. The summed E-state index contributed by atoms with van der Waals surface area (Å²) < 4.78 is 0. The van der Waals surface area contributed by atoms with Gasteiger partial charge >= 0.3 is 0 Å². The van der Waals surface area contributed by atoms with E-state index in [2.05, 4.69) is 41.2 Å². The van der Waals surface area contributed by atoms with Crippen molar-refractivity contribution >= 4 is 0 Å². The van der Waals surface area contributed by atoms with Crippen molar-refractivity contribution in [2.24, 2.45) is 46.3 Å². The summed E-state index contributed by atoms with van der Waals surface area (Å²) in [6.45, 7) is 17.0. The third kappa shape index (κ3) is 3.56. The van der Waals surface area contributed by atoms with Gasteiger partial charge in [-0.3, -0.25) is 0 Å². The SMILES string of the molecule is C=C(CC[C@@H](C)[C@H]1CC[C@H]2C3=C(CC[C@]12C)[C@@]1(C)CCC[C@@H](C)C1CC3)C(C)CO. The number of fused-ring (bicyclic) bond motifs is 4. The Morgan fingerprint density at radius 3 is 2.60 bits per heavy atom. The van der Waals surface area contributed by atoms with E-state index in [0.29, 0.717) is 10.8 Å². The molecule has 1 heteroatoms. The molecule has 30 heavy (non-hydrogen) atoms. The van der Waals surface area contributed by atoms with Crippen LogP contribution in [0.15, 0.2) is 23.3 Å². The fourth-order valence-corrected chi connectivity index (χ4v) is 8.96. The van der Waals surface area contributed by atoms with Crippen molar-refractivity contribution in [2.45, 2.75) is 105 Å². The Balaban J connectivity index is 1.51. The average molecular weight is 413 g/mol. The van der Waals surface area contributed by atoms with Crippen molar-refractivity contribution in [1.82, 2.24) is 0 Å². The fraction of sp³-hybridized carbons (Fsp3) is 0.862. The molecule has 8 atom stereocenters. The van der Waals surface area contributed by atoms with Crippen molar-refractivity contribution in [2.75, 3.05) is 6.61 Å². The van der Waals surface area contributed by atoms with Gasteiger partial charge in [-0.25, -0.2) is 0 Å². The molecule has 0 aromatic carbocycles. The quantitative estimate of drug-likeness (QED) is 0.439. The van der Waals surface area contributed by atoms with E-state index < -0.39 is 0 Å². The number of hydrogen-bond acceptors (Lipinski definition) is 1. The summed E-state index contributed by atoms with van der Waals surface area (Å²) >= 11 is 0. The molecule has 0 aliphatic heterocycles. The van der Waals surface area contributed by atoms with E-state index in [0.717, 1.165) is 36.0 Å². The molecule has 170 valence electrons. The van der Waals surface area contributed by atoms with Crippen molar-refractivity contribution in [3.63, 3.8) is 0 Å². The Labute approximate surface area is 186 Å². The van der Waals surface area contributed by atoms with Crippen LogP contribution in [0.1, 0.15) is 105 Å². The molecule has 0 saturated heterocycles. The molecule has 4 aliphatic carbocycles. The molecule has 0 aromatic rings. The van der Waals surface area contributed by atoms with Crippen LogP contribution in [0.25, 0.3) is 0 Å². The molecule has 0 radical (unpaired) electrons. The second-order valence-corrected chi connectivity index (χ2v) is 12.4. The summed E-state index contributed by atoms with van der Waals surface area (Å²) in [5.74, 6) is 4.63. The second-order valence-electron chi connectivity index (χ2n) is 12.4. The molecular weight excluding hydrogens is 364 g/mol. The monoisotopic (exact) mass is 412 g/mol. The molecule has 0 aromatic heterocycles. The minimum atomic E-state index is 0.242. The lowest BCUT2D eigenvalue weighted by atomic mass is 9.49. The van der Waals surface area contributed by atoms with Crippen LogP contribution in [0.2, 0.25) is 0 Å². The Bertz CT molecular complexity index is 688. The molecule has 2 fully saturated rings. The summed E-state index contributed by atoms with van der Waals surface area (Å²) in [4.78, 5) is 0. The predicted molar refractivity (Wildman–Crippen MR) is 128 cm³/mol. The zero-order valence-electron chi connectivity index (χ0n) is 20.6. The van der Waals surface area contributed by atoms with Gasteiger partial charge < -0.3 is 5.11 Å². The maximum absolute atomic E-state index is 9.44. The molecule has 0 amide bonds. The third-order valence-corrected chi connectivity index (χ3v) is 11.0. The highest BCUT2D eigenvalue weighted by molar-refractivity contribution is 5.34. The third-order valence-electron chi connectivity index (χ3n) is 11.0. The molecule has 4 aliphatic rings. The Morgan fingerprint density at radius 1 is 1.10 bits per heavy atom. The molecular formula is C29H48O. The maximum atomic E-state index is 9.44. The number of aliphatic hydroxyl groups excluding tert-OH is 1. The highest BCUT2D eigenvalue weighted by atomic mass is 16.3. The predicted octanol–water partition coefficient (Wildman–Crippen LogP) is 7.95. The Hall–Kier alpha value is -0.560. The van der Waals surface area contributed by atoms with Gasteiger partial charge in [0, 0.05) is 6.61 Å². The summed E-state index contributed by atoms with van der Waals surface area (Å²) in [6.07, 6.45) is 15.3. The second kappa shape index (κ2) is 8.42. The number of allylic oxidation sites excluding steroid dienone is 2. The van der Waals surface area contributed by atoms with Gasteiger partial charge in [0.1, 0.15) is 0 Å². The first-order valence-electron chi connectivity index (χ1n) is 13.2. The molecule has 0 spiro atoms. The number of hydrogen-bond donors (Lipinski definition) is 1. The number of aliphatic hydroxyl groups is 1. The minimum absolute atomic E-state index is 0.242. The lowest BCUT2D eigenvalue weighted by Crippen LogP contribution is -2.45. The topological polar surface area (TPSA) is 20.2 Å². The summed E-state index contributed by atoms with van der Waals surface area (Å²) in [5, 5.41) is 9.44. The molecule has 0 bridgehead atoms. The van der Waals surface area contributed by atoms with Gasteiger partial charge in [0.05, 0.1) is 0 Å². The Kier molecular flexibility index (Phi) is 6.35. The van der Waals surface area contributed by atoms with E-state index in [9.17, 15) is 5.11 Å². The molecule has 2 unspecified atom stereocenters. The van der Waals surface area contributed by atoms with Gasteiger partial charge in [-0.2, -0.15) is 0 Å². The van der Waals surface area contributed by atoms with E-state index in [1.54, 1.807) is 0 Å². The summed E-state index contributed by atoms with van der Waals surface area (Å²) in [6, 6.07) is 0. The minimum Gasteiger partial charge on any atom is -0.396 e. The fourth-order valence-electron chi connectivity index (χ4n) is 8.96. The highest BCUT2D eigenvalue weighted by Gasteiger charge is 2.56. The standard InChI is InChI=1S/C29H48O/c1-19(22(4)18-30)9-10-21(3)25-13-14-26-23-11-12-24-20(2)8-7-16-28(24,5)27(23)15-17-29(25,26)6/h20-22,24-26,30H,1,7-18H2,2-6H3/t20-,21-,22?,24?,25-,26+,28+,29-/m1/s1. The van der Waals surface area contributed by atoms with Crippen LogP contribution in [-0.2, 0) is 0 Å². The van der Waals surface area contributed by atoms with Crippen LogP contribution >= 0.6 is 0 Å². The van der Waals surface area contributed by atoms with E-state index in [4.69, 9.17) is 0 Å². The van der Waals surface area contributed by atoms with Gasteiger partial charge in [0.2, 0.25) is 0 Å². The maximum Gasteiger partial charge on any atom is 0.0493 e. The van der Waals surface area contributed by atoms with Gasteiger partial charge in [0.15, 0.2) is 0 Å². The summed E-state index contributed by atoms with van der Waals surface area (Å²) in [7, 11) is 0. The summed E-state index contributed by atoms with van der Waals surface area (Å²) in [5.41, 5.74) is 6.19. The first-order valence-corrected chi connectivity index (χ1v) is 13.2. The van der Waals surface area contributed by atoms with Gasteiger partial charge in [-0.05, 0) is 104 Å². The lowest BCUT2D eigenvalue weighted by molar-refractivity contribution is 0.0439. The highest BCUT2D eigenvalue weighted by Crippen LogP contribution is 2.66. The van der Waals surface area contributed by atoms with Crippen LogP contribution in [0.5, 0.6) is 0 Å². The molecule has 0 heterocycles. The molecule has 2 saturated carbocycles. The Morgan fingerprint density at radius 2 is 1.87 bits per heavy atom. The van der Waals surface area contributed by atoms with E-state index >= 15 is 0 Å². The normalized spacial score (nSPS) is 42.9.